The predicted molar refractivity (Wildman–Crippen MR) is 84.9 cm³/mol. The molecule has 0 saturated carbocycles. The summed E-state index contributed by atoms with van der Waals surface area (Å²) in [6, 6.07) is 6.51. The van der Waals surface area contributed by atoms with Gasteiger partial charge >= 0.3 is 0 Å². The van der Waals surface area contributed by atoms with Crippen molar-refractivity contribution < 1.29 is 4.74 Å². The van der Waals surface area contributed by atoms with Gasteiger partial charge in [0.1, 0.15) is 17.1 Å². The van der Waals surface area contributed by atoms with E-state index in [9.17, 15) is 0 Å². The molecule has 0 N–H and O–H groups in total. The zero-order valence-electron chi connectivity index (χ0n) is 12.7. The number of aromatic nitrogens is 2. The third kappa shape index (κ3) is 2.78. The minimum absolute atomic E-state index is 0.384. The highest BCUT2D eigenvalue weighted by molar-refractivity contribution is 6.17. The second-order valence-corrected chi connectivity index (χ2v) is 5.76. The highest BCUT2D eigenvalue weighted by atomic mass is 35.5. The quantitative estimate of drug-likeness (QED) is 0.737. The van der Waals surface area contributed by atoms with E-state index in [1.54, 1.807) is 0 Å². The molecule has 0 bridgehead atoms. The maximum absolute atomic E-state index is 5.94. The van der Waals surface area contributed by atoms with E-state index < -0.39 is 0 Å². The second-order valence-electron chi connectivity index (χ2n) is 5.38. The molecular formula is C16H23ClN2O. The normalized spacial score (nSPS) is 13.1. The first-order valence-corrected chi connectivity index (χ1v) is 7.82. The molecule has 1 unspecified atom stereocenters. The molecular weight excluding hydrogens is 272 g/mol. The van der Waals surface area contributed by atoms with Gasteiger partial charge in [0, 0.05) is 18.3 Å². The number of ether oxygens (including phenoxy) is 1. The molecule has 0 radical (unpaired) electrons. The molecule has 3 nitrogen and oxygen atoms in total. The van der Waals surface area contributed by atoms with Crippen LogP contribution in [0.15, 0.2) is 18.2 Å². The number of benzene rings is 1. The summed E-state index contributed by atoms with van der Waals surface area (Å²) in [7, 11) is 0. The first kappa shape index (κ1) is 15.2. The lowest BCUT2D eigenvalue weighted by Crippen LogP contribution is -2.14. The minimum Gasteiger partial charge on any atom is -0.492 e. The van der Waals surface area contributed by atoms with Gasteiger partial charge in [-0.25, -0.2) is 4.98 Å². The molecule has 2 aromatic rings. The maximum atomic E-state index is 5.94. The van der Waals surface area contributed by atoms with Crippen LogP contribution in [0, 0.1) is 5.92 Å². The Labute approximate surface area is 125 Å². The lowest BCUT2D eigenvalue weighted by Gasteiger charge is -2.21. The lowest BCUT2D eigenvalue weighted by atomic mass is 10.1. The lowest BCUT2D eigenvalue weighted by molar-refractivity contribution is 0.343. The zero-order chi connectivity index (χ0) is 14.7. The SMILES string of the molecule is CCOc1cccc2c1nc(CCCl)n2C(C)C(C)C. The molecule has 0 saturated heterocycles. The molecule has 0 aliphatic carbocycles. The Morgan fingerprint density at radius 1 is 1.30 bits per heavy atom. The van der Waals surface area contributed by atoms with Gasteiger partial charge in [0.05, 0.1) is 12.1 Å². The number of aryl methyl sites for hydroxylation is 1. The van der Waals surface area contributed by atoms with Crippen LogP contribution < -0.4 is 4.74 Å². The predicted octanol–water partition coefficient (Wildman–Crippen LogP) is 4.43. The van der Waals surface area contributed by atoms with Crippen molar-refractivity contribution in [2.75, 3.05) is 12.5 Å². The fourth-order valence-electron chi connectivity index (χ4n) is 2.42. The van der Waals surface area contributed by atoms with Crippen LogP contribution in [0.2, 0.25) is 0 Å². The van der Waals surface area contributed by atoms with E-state index in [0.717, 1.165) is 29.0 Å². The van der Waals surface area contributed by atoms with Crippen LogP contribution in [-0.2, 0) is 6.42 Å². The van der Waals surface area contributed by atoms with Crippen LogP contribution in [-0.4, -0.2) is 22.0 Å². The fourth-order valence-corrected chi connectivity index (χ4v) is 2.59. The largest absolute Gasteiger partial charge is 0.492 e. The summed E-state index contributed by atoms with van der Waals surface area (Å²) in [6.07, 6.45) is 0.777. The third-order valence-corrected chi connectivity index (χ3v) is 3.94. The summed E-state index contributed by atoms with van der Waals surface area (Å²) in [5, 5.41) is 0. The van der Waals surface area contributed by atoms with Crippen molar-refractivity contribution in [2.24, 2.45) is 5.92 Å². The first-order chi connectivity index (χ1) is 9.60. The van der Waals surface area contributed by atoms with Gasteiger partial charge < -0.3 is 9.30 Å². The monoisotopic (exact) mass is 294 g/mol. The summed E-state index contributed by atoms with van der Waals surface area (Å²) in [4.78, 5) is 4.78. The Balaban J connectivity index is 2.63. The molecule has 2 rings (SSSR count). The van der Waals surface area contributed by atoms with E-state index in [4.69, 9.17) is 21.3 Å². The Hall–Kier alpha value is -1.22. The molecule has 1 atom stereocenters. The van der Waals surface area contributed by atoms with E-state index >= 15 is 0 Å². The number of hydrogen-bond donors (Lipinski definition) is 0. The van der Waals surface area contributed by atoms with Crippen molar-refractivity contribution in [1.82, 2.24) is 9.55 Å². The summed E-state index contributed by atoms with van der Waals surface area (Å²) in [6.45, 7) is 9.33. The van der Waals surface area contributed by atoms with Crippen molar-refractivity contribution in [3.8, 4) is 5.75 Å². The van der Waals surface area contributed by atoms with Gasteiger partial charge in [-0.15, -0.1) is 11.6 Å². The van der Waals surface area contributed by atoms with Crippen LogP contribution in [0.5, 0.6) is 5.75 Å². The summed E-state index contributed by atoms with van der Waals surface area (Å²) in [5.41, 5.74) is 2.08. The van der Waals surface area contributed by atoms with Gasteiger partial charge in [-0.1, -0.05) is 19.9 Å². The van der Waals surface area contributed by atoms with Gasteiger partial charge in [-0.05, 0) is 31.9 Å². The minimum atomic E-state index is 0.384. The average molecular weight is 295 g/mol. The average Bonchev–Trinajstić information content (AvgIpc) is 2.78. The molecule has 4 heteroatoms. The van der Waals surface area contributed by atoms with Crippen molar-refractivity contribution in [3.63, 3.8) is 0 Å². The van der Waals surface area contributed by atoms with Crippen LogP contribution >= 0.6 is 11.6 Å². The topological polar surface area (TPSA) is 27.1 Å². The molecule has 0 aliphatic rings. The smallest absolute Gasteiger partial charge is 0.147 e. The standard InChI is InChI=1S/C16H23ClN2O/c1-5-20-14-8-6-7-13-16(14)18-15(9-10-17)19(13)12(4)11(2)3/h6-8,11-12H,5,9-10H2,1-4H3. The number of hydrogen-bond acceptors (Lipinski definition) is 2. The Morgan fingerprint density at radius 2 is 2.05 bits per heavy atom. The van der Waals surface area contributed by atoms with Crippen LogP contribution in [0.3, 0.4) is 0 Å². The molecule has 20 heavy (non-hydrogen) atoms. The van der Waals surface area contributed by atoms with Crippen LogP contribution in [0.1, 0.15) is 39.6 Å². The molecule has 1 heterocycles. The van der Waals surface area contributed by atoms with Gasteiger partial charge in [0.15, 0.2) is 0 Å². The molecule has 1 aromatic heterocycles. The van der Waals surface area contributed by atoms with Gasteiger partial charge in [0.25, 0.3) is 0 Å². The number of nitrogens with zero attached hydrogens (tertiary/aromatic N) is 2. The van der Waals surface area contributed by atoms with Gasteiger partial charge in [-0.2, -0.15) is 0 Å². The van der Waals surface area contributed by atoms with E-state index in [2.05, 4.69) is 31.4 Å². The molecule has 0 spiro atoms. The summed E-state index contributed by atoms with van der Waals surface area (Å²) < 4.78 is 8.01. The molecule has 1 aromatic carbocycles. The third-order valence-electron chi connectivity index (χ3n) is 3.75. The Kier molecular flexibility index (Phi) is 4.92. The van der Waals surface area contributed by atoms with Crippen LogP contribution in [0.4, 0.5) is 0 Å². The zero-order valence-corrected chi connectivity index (χ0v) is 13.4. The number of fused-ring (bicyclic) bond motifs is 1. The van der Waals surface area contributed by atoms with E-state index in [0.29, 0.717) is 24.4 Å². The van der Waals surface area contributed by atoms with Gasteiger partial charge in [0.2, 0.25) is 0 Å². The first-order valence-electron chi connectivity index (χ1n) is 7.28. The maximum Gasteiger partial charge on any atom is 0.147 e. The highest BCUT2D eigenvalue weighted by Gasteiger charge is 2.19. The fraction of sp³-hybridized carbons (Fsp3) is 0.562. The molecule has 0 aliphatic heterocycles. The molecule has 0 amide bonds. The number of imidazole rings is 1. The van der Waals surface area contributed by atoms with Crippen molar-refractivity contribution >= 4 is 22.6 Å². The number of alkyl halides is 1. The van der Waals surface area contributed by atoms with E-state index in [-0.39, 0.29) is 0 Å². The van der Waals surface area contributed by atoms with Crippen LogP contribution in [0.25, 0.3) is 11.0 Å². The summed E-state index contributed by atoms with van der Waals surface area (Å²) >= 11 is 5.94. The Bertz CT molecular complexity index is 577. The Morgan fingerprint density at radius 3 is 2.65 bits per heavy atom. The number of rotatable bonds is 6. The second kappa shape index (κ2) is 6.49. The van der Waals surface area contributed by atoms with Crippen molar-refractivity contribution in [3.05, 3.63) is 24.0 Å². The van der Waals surface area contributed by atoms with Crippen molar-refractivity contribution in [1.29, 1.82) is 0 Å². The number of para-hydroxylation sites is 1. The van der Waals surface area contributed by atoms with Gasteiger partial charge in [-0.3, -0.25) is 0 Å². The molecule has 0 fully saturated rings. The summed E-state index contributed by atoms with van der Waals surface area (Å²) in [5.74, 6) is 3.02. The molecule has 110 valence electrons. The van der Waals surface area contributed by atoms with Crippen molar-refractivity contribution in [2.45, 2.75) is 40.2 Å². The van der Waals surface area contributed by atoms with E-state index in [1.807, 2.05) is 19.1 Å². The number of halogens is 1. The van der Waals surface area contributed by atoms with E-state index in [1.165, 1.54) is 0 Å². The highest BCUT2D eigenvalue weighted by Crippen LogP contribution is 2.31.